The van der Waals surface area contributed by atoms with Crippen molar-refractivity contribution in [1.29, 1.82) is 0 Å². The summed E-state index contributed by atoms with van der Waals surface area (Å²) in [5.41, 5.74) is 11.0. The second-order valence-corrected chi connectivity index (χ2v) is 7.77. The molecule has 0 spiro atoms. The van der Waals surface area contributed by atoms with Crippen molar-refractivity contribution in [1.82, 2.24) is 15.1 Å². The van der Waals surface area contributed by atoms with Crippen molar-refractivity contribution in [2.75, 3.05) is 13.1 Å². The van der Waals surface area contributed by atoms with E-state index in [9.17, 15) is 29.4 Å². The number of aliphatic hydroxyl groups excluding tert-OH is 2. The van der Waals surface area contributed by atoms with Crippen molar-refractivity contribution in [2.45, 2.75) is 75.9 Å². The van der Waals surface area contributed by atoms with E-state index in [-0.39, 0.29) is 5.91 Å². The van der Waals surface area contributed by atoms with Gasteiger partial charge in [-0.1, -0.05) is 0 Å². The van der Waals surface area contributed by atoms with Crippen LogP contribution < -0.4 is 16.8 Å². The van der Waals surface area contributed by atoms with Gasteiger partial charge in [-0.05, 0) is 39.5 Å². The van der Waals surface area contributed by atoms with E-state index in [2.05, 4.69) is 5.32 Å². The molecule has 164 valence electrons. The minimum absolute atomic E-state index is 0.341. The summed E-state index contributed by atoms with van der Waals surface area (Å²) in [5, 5.41) is 21.6. The van der Waals surface area contributed by atoms with Gasteiger partial charge in [-0.15, -0.1) is 0 Å². The van der Waals surface area contributed by atoms with Gasteiger partial charge in [0, 0.05) is 13.1 Å². The molecule has 2 fully saturated rings. The van der Waals surface area contributed by atoms with Crippen molar-refractivity contribution < 1.29 is 29.4 Å². The summed E-state index contributed by atoms with van der Waals surface area (Å²) in [6.07, 6.45) is -0.170. The van der Waals surface area contributed by atoms with Crippen molar-refractivity contribution >= 4 is 23.6 Å². The van der Waals surface area contributed by atoms with Crippen LogP contribution >= 0.6 is 0 Å². The third kappa shape index (κ3) is 5.03. The van der Waals surface area contributed by atoms with Crippen LogP contribution in [0, 0.1) is 0 Å². The summed E-state index contributed by atoms with van der Waals surface area (Å²) in [6.45, 7) is 3.44. The molecule has 11 nitrogen and oxygen atoms in total. The molecule has 11 heteroatoms. The summed E-state index contributed by atoms with van der Waals surface area (Å²) >= 11 is 0. The molecule has 2 heterocycles. The van der Waals surface area contributed by atoms with Crippen LogP contribution in [0.25, 0.3) is 0 Å². The van der Waals surface area contributed by atoms with E-state index in [1.165, 1.54) is 23.6 Å². The maximum Gasteiger partial charge on any atom is 0.246 e. The highest BCUT2D eigenvalue weighted by Gasteiger charge is 2.43. The van der Waals surface area contributed by atoms with Crippen LogP contribution in [-0.2, 0) is 19.2 Å². The van der Waals surface area contributed by atoms with Crippen LogP contribution in [0.1, 0.15) is 39.5 Å². The van der Waals surface area contributed by atoms with Crippen molar-refractivity contribution in [3.8, 4) is 0 Å². The predicted octanol–water partition coefficient (Wildman–Crippen LogP) is -2.97. The summed E-state index contributed by atoms with van der Waals surface area (Å²) < 4.78 is 0. The number of aliphatic hydroxyl groups is 2. The fourth-order valence-corrected chi connectivity index (χ4v) is 3.86. The largest absolute Gasteiger partial charge is 0.391 e. The summed E-state index contributed by atoms with van der Waals surface area (Å²) in [5.74, 6) is -2.31. The first-order valence-corrected chi connectivity index (χ1v) is 9.88. The molecule has 2 saturated heterocycles. The number of carbonyl (C=O) groups is 4. The van der Waals surface area contributed by atoms with E-state index in [4.69, 9.17) is 11.5 Å². The van der Waals surface area contributed by atoms with E-state index in [0.29, 0.717) is 38.8 Å². The highest BCUT2D eigenvalue weighted by atomic mass is 16.3. The van der Waals surface area contributed by atoms with Gasteiger partial charge in [-0.3, -0.25) is 19.2 Å². The van der Waals surface area contributed by atoms with Crippen molar-refractivity contribution in [3.63, 3.8) is 0 Å². The summed E-state index contributed by atoms with van der Waals surface area (Å²) in [6, 6.07) is -3.94. The van der Waals surface area contributed by atoms with Gasteiger partial charge in [0.1, 0.15) is 24.2 Å². The average molecular weight is 413 g/mol. The van der Waals surface area contributed by atoms with Crippen LogP contribution in [0.15, 0.2) is 0 Å². The molecule has 0 aliphatic carbocycles. The normalized spacial score (nSPS) is 26.0. The number of primary amides is 1. The lowest BCUT2D eigenvalue weighted by atomic mass is 10.1. The molecule has 3 unspecified atom stereocenters. The third-order valence-corrected chi connectivity index (χ3v) is 5.55. The molecule has 0 aromatic carbocycles. The lowest BCUT2D eigenvalue weighted by Crippen LogP contribution is -2.58. The predicted molar refractivity (Wildman–Crippen MR) is 102 cm³/mol. The Morgan fingerprint density at radius 3 is 2.03 bits per heavy atom. The topological polar surface area (TPSA) is 179 Å². The van der Waals surface area contributed by atoms with Crippen LogP contribution in [0.5, 0.6) is 0 Å². The number of carbonyl (C=O) groups excluding carboxylic acids is 4. The number of nitrogens with zero attached hydrogens (tertiary/aromatic N) is 2. The number of hydrogen-bond donors (Lipinski definition) is 5. The Kier molecular flexibility index (Phi) is 7.55. The average Bonchev–Trinajstić information content (AvgIpc) is 3.32. The van der Waals surface area contributed by atoms with E-state index >= 15 is 0 Å². The Bertz CT molecular complexity index is 655. The second kappa shape index (κ2) is 9.51. The first kappa shape index (κ1) is 23.0. The van der Waals surface area contributed by atoms with E-state index in [1.807, 2.05) is 0 Å². The highest BCUT2D eigenvalue weighted by molar-refractivity contribution is 5.95. The molecule has 29 heavy (non-hydrogen) atoms. The van der Waals surface area contributed by atoms with Gasteiger partial charge >= 0.3 is 0 Å². The van der Waals surface area contributed by atoms with Crippen LogP contribution in [0.4, 0.5) is 0 Å². The molecule has 2 aliphatic heterocycles. The number of hydrogen-bond acceptors (Lipinski definition) is 7. The summed E-state index contributed by atoms with van der Waals surface area (Å²) in [7, 11) is 0. The minimum atomic E-state index is -1.26. The number of amides is 4. The maximum atomic E-state index is 13.1. The number of rotatable bonds is 7. The number of nitrogens with two attached hydrogens (primary N) is 2. The van der Waals surface area contributed by atoms with Crippen molar-refractivity contribution in [2.24, 2.45) is 11.5 Å². The Morgan fingerprint density at radius 2 is 1.52 bits per heavy atom. The van der Waals surface area contributed by atoms with Crippen LogP contribution in [0.3, 0.4) is 0 Å². The number of nitrogens with one attached hydrogen (secondary N) is 1. The van der Waals surface area contributed by atoms with Gasteiger partial charge in [0.2, 0.25) is 23.6 Å². The fourth-order valence-electron chi connectivity index (χ4n) is 3.86. The standard InChI is InChI=1S/C18H31N5O6/c1-9(24)13(19)18(29)23-8-4-6-12(23)17(28)22-7-3-5-11(22)16(27)21-14(10(2)25)15(20)26/h9-14,24-25H,3-8,19H2,1-2H3,(H2,20,26)(H,21,27)/t9?,10?,11-,12-,13?,14-/m0/s1. The quantitative estimate of drug-likeness (QED) is 0.295. The molecular weight excluding hydrogens is 382 g/mol. The fraction of sp³-hybridized carbons (Fsp3) is 0.778. The first-order valence-electron chi connectivity index (χ1n) is 9.88. The smallest absolute Gasteiger partial charge is 0.246 e. The molecule has 2 aliphatic rings. The molecular formula is C18H31N5O6. The van der Waals surface area contributed by atoms with E-state index in [0.717, 1.165) is 0 Å². The molecule has 4 amide bonds. The zero-order chi connectivity index (χ0) is 21.9. The molecule has 0 saturated carbocycles. The molecule has 2 rings (SSSR count). The van der Waals surface area contributed by atoms with Crippen LogP contribution in [-0.4, -0.2) is 93.1 Å². The SMILES string of the molecule is CC(O)C(N)C(=O)N1CCC[C@H]1C(=O)N1CCC[C@H]1C(=O)N[C@H](C(N)=O)C(C)O. The second-order valence-electron chi connectivity index (χ2n) is 7.77. The monoisotopic (exact) mass is 413 g/mol. The van der Waals surface area contributed by atoms with E-state index in [1.54, 1.807) is 0 Å². The Labute approximate surface area is 169 Å². The minimum Gasteiger partial charge on any atom is -0.391 e. The van der Waals surface area contributed by atoms with Gasteiger partial charge in [-0.2, -0.15) is 0 Å². The summed E-state index contributed by atoms with van der Waals surface area (Å²) in [4.78, 5) is 52.5. The number of likely N-dealkylation sites (tertiary alicyclic amines) is 2. The molecule has 0 radical (unpaired) electrons. The van der Waals surface area contributed by atoms with Gasteiger partial charge in [0.25, 0.3) is 0 Å². The van der Waals surface area contributed by atoms with Gasteiger partial charge in [0.15, 0.2) is 0 Å². The first-order chi connectivity index (χ1) is 13.6. The Hall–Kier alpha value is -2.24. The Morgan fingerprint density at radius 1 is 0.966 bits per heavy atom. The Balaban J connectivity index is 2.11. The molecule has 0 bridgehead atoms. The van der Waals surface area contributed by atoms with Crippen LogP contribution in [0.2, 0.25) is 0 Å². The van der Waals surface area contributed by atoms with Gasteiger partial charge in [0.05, 0.1) is 12.2 Å². The highest BCUT2D eigenvalue weighted by Crippen LogP contribution is 2.25. The van der Waals surface area contributed by atoms with E-state index < -0.39 is 54.1 Å². The molecule has 6 atom stereocenters. The van der Waals surface area contributed by atoms with Crippen molar-refractivity contribution in [3.05, 3.63) is 0 Å². The van der Waals surface area contributed by atoms with Gasteiger partial charge < -0.3 is 36.8 Å². The lowest BCUT2D eigenvalue weighted by molar-refractivity contribution is -0.148. The van der Waals surface area contributed by atoms with Gasteiger partial charge in [-0.25, -0.2) is 0 Å². The zero-order valence-electron chi connectivity index (χ0n) is 16.8. The molecule has 0 aromatic rings. The lowest BCUT2D eigenvalue weighted by Gasteiger charge is -2.33. The molecule has 0 aromatic heterocycles. The molecule has 7 N–H and O–H groups in total. The maximum absolute atomic E-state index is 13.1. The third-order valence-electron chi connectivity index (χ3n) is 5.55. The zero-order valence-corrected chi connectivity index (χ0v) is 16.8.